The molecule has 0 bridgehead atoms. The monoisotopic (exact) mass is 294 g/mol. The molecule has 5 N–H and O–H groups in total. The molecule has 1 amide bonds. The van der Waals surface area contributed by atoms with Gasteiger partial charge >= 0.3 is 11.9 Å². The Morgan fingerprint density at radius 3 is 2.43 bits per heavy atom. The molecule has 0 aliphatic rings. The van der Waals surface area contributed by atoms with Gasteiger partial charge in [-0.15, -0.1) is 0 Å². The predicted molar refractivity (Wildman–Crippen MR) is 75.0 cm³/mol. The van der Waals surface area contributed by atoms with Crippen molar-refractivity contribution in [1.29, 1.82) is 0 Å². The van der Waals surface area contributed by atoms with Gasteiger partial charge in [-0.05, 0) is 31.0 Å². The molecule has 1 atom stereocenters. The molecular formula is C14H18N2O5. The normalized spacial score (nSPS) is 11.7. The second-order valence-corrected chi connectivity index (χ2v) is 4.49. The first-order chi connectivity index (χ1) is 9.95. The fraction of sp³-hybridized carbons (Fsp3) is 0.357. The van der Waals surface area contributed by atoms with Crippen molar-refractivity contribution in [3.8, 4) is 0 Å². The summed E-state index contributed by atoms with van der Waals surface area (Å²) in [5.41, 5.74) is 6.54. The van der Waals surface area contributed by atoms with E-state index in [4.69, 9.17) is 15.9 Å². The van der Waals surface area contributed by atoms with Crippen LogP contribution in [-0.4, -0.2) is 40.6 Å². The van der Waals surface area contributed by atoms with Crippen LogP contribution in [0.2, 0.25) is 0 Å². The fourth-order valence-electron chi connectivity index (χ4n) is 1.88. The molecule has 1 aromatic rings. The fourth-order valence-corrected chi connectivity index (χ4v) is 1.88. The number of aliphatic carboxylic acids is 2. The Balaban J connectivity index is 2.82. The largest absolute Gasteiger partial charge is 0.481 e. The van der Waals surface area contributed by atoms with Gasteiger partial charge in [0.15, 0.2) is 0 Å². The van der Waals surface area contributed by atoms with Crippen LogP contribution in [0.4, 0.5) is 0 Å². The molecule has 0 radical (unpaired) electrons. The Morgan fingerprint density at radius 2 is 1.86 bits per heavy atom. The smallest absolute Gasteiger partial charge is 0.326 e. The third kappa shape index (κ3) is 5.23. The second kappa shape index (κ2) is 8.01. The van der Waals surface area contributed by atoms with E-state index in [0.29, 0.717) is 18.5 Å². The molecular weight excluding hydrogens is 276 g/mol. The maximum Gasteiger partial charge on any atom is 0.326 e. The van der Waals surface area contributed by atoms with Gasteiger partial charge < -0.3 is 21.3 Å². The maximum atomic E-state index is 12.1. The van der Waals surface area contributed by atoms with Gasteiger partial charge in [0.25, 0.3) is 5.91 Å². The van der Waals surface area contributed by atoms with Gasteiger partial charge in [0.2, 0.25) is 0 Å². The minimum atomic E-state index is -1.26. The van der Waals surface area contributed by atoms with E-state index in [1.165, 1.54) is 0 Å². The van der Waals surface area contributed by atoms with Gasteiger partial charge in [-0.25, -0.2) is 4.79 Å². The van der Waals surface area contributed by atoms with Crippen LogP contribution < -0.4 is 11.1 Å². The quantitative estimate of drug-likeness (QED) is 0.543. The van der Waals surface area contributed by atoms with Gasteiger partial charge in [0.1, 0.15) is 6.04 Å². The SMILES string of the molecule is NCCc1ccccc1C(=O)N[C@@H](CCC(=O)O)C(=O)O. The number of carbonyl (C=O) groups excluding carboxylic acids is 1. The summed E-state index contributed by atoms with van der Waals surface area (Å²) in [6.45, 7) is 0.367. The highest BCUT2D eigenvalue weighted by Gasteiger charge is 2.22. The van der Waals surface area contributed by atoms with E-state index in [-0.39, 0.29) is 12.8 Å². The number of benzene rings is 1. The molecule has 0 saturated heterocycles. The minimum Gasteiger partial charge on any atom is -0.481 e. The van der Waals surface area contributed by atoms with Crippen LogP contribution in [0, 0.1) is 0 Å². The Hall–Kier alpha value is -2.41. The highest BCUT2D eigenvalue weighted by Crippen LogP contribution is 2.10. The lowest BCUT2D eigenvalue weighted by atomic mass is 10.0. The number of hydrogen-bond acceptors (Lipinski definition) is 4. The molecule has 1 rings (SSSR count). The summed E-state index contributed by atoms with van der Waals surface area (Å²) in [5.74, 6) is -2.92. The van der Waals surface area contributed by atoms with Crippen LogP contribution in [0.15, 0.2) is 24.3 Å². The van der Waals surface area contributed by atoms with E-state index < -0.39 is 23.9 Å². The van der Waals surface area contributed by atoms with E-state index >= 15 is 0 Å². The Bertz CT molecular complexity index is 530. The maximum absolute atomic E-state index is 12.1. The van der Waals surface area contributed by atoms with Crippen LogP contribution >= 0.6 is 0 Å². The van der Waals surface area contributed by atoms with Crippen molar-refractivity contribution in [2.45, 2.75) is 25.3 Å². The molecule has 0 aromatic heterocycles. The van der Waals surface area contributed by atoms with E-state index in [0.717, 1.165) is 5.56 Å². The summed E-state index contributed by atoms with van der Waals surface area (Å²) in [6.07, 6.45) is -0.00634. The molecule has 0 saturated carbocycles. The summed E-state index contributed by atoms with van der Waals surface area (Å²) in [4.78, 5) is 33.7. The number of nitrogens with two attached hydrogens (primary N) is 1. The average Bonchev–Trinajstić information content (AvgIpc) is 2.43. The first-order valence-electron chi connectivity index (χ1n) is 6.49. The molecule has 0 spiro atoms. The van der Waals surface area contributed by atoms with Crippen LogP contribution in [0.1, 0.15) is 28.8 Å². The number of carboxylic acids is 2. The molecule has 0 fully saturated rings. The van der Waals surface area contributed by atoms with Gasteiger partial charge in [0, 0.05) is 12.0 Å². The van der Waals surface area contributed by atoms with Crippen LogP contribution in [0.25, 0.3) is 0 Å². The molecule has 0 aliphatic carbocycles. The van der Waals surface area contributed by atoms with Crippen molar-refractivity contribution in [1.82, 2.24) is 5.32 Å². The summed E-state index contributed by atoms with van der Waals surface area (Å²) in [6, 6.07) is 5.52. The van der Waals surface area contributed by atoms with Crippen molar-refractivity contribution in [3.05, 3.63) is 35.4 Å². The van der Waals surface area contributed by atoms with Gasteiger partial charge in [-0.2, -0.15) is 0 Å². The number of amides is 1. The van der Waals surface area contributed by atoms with Crippen molar-refractivity contribution < 1.29 is 24.6 Å². The van der Waals surface area contributed by atoms with Gasteiger partial charge in [0.05, 0.1) is 0 Å². The Kier molecular flexibility index (Phi) is 6.35. The number of carbonyl (C=O) groups is 3. The highest BCUT2D eigenvalue weighted by molar-refractivity contribution is 5.97. The van der Waals surface area contributed by atoms with Gasteiger partial charge in [-0.1, -0.05) is 18.2 Å². The van der Waals surface area contributed by atoms with Crippen molar-refractivity contribution in [3.63, 3.8) is 0 Å². The zero-order valence-electron chi connectivity index (χ0n) is 11.4. The van der Waals surface area contributed by atoms with E-state index in [9.17, 15) is 14.4 Å². The Morgan fingerprint density at radius 1 is 1.19 bits per heavy atom. The first-order valence-corrected chi connectivity index (χ1v) is 6.49. The van der Waals surface area contributed by atoms with Crippen LogP contribution in [-0.2, 0) is 16.0 Å². The average molecular weight is 294 g/mol. The molecule has 21 heavy (non-hydrogen) atoms. The molecule has 7 heteroatoms. The van der Waals surface area contributed by atoms with E-state index in [2.05, 4.69) is 5.32 Å². The highest BCUT2D eigenvalue weighted by atomic mass is 16.4. The predicted octanol–water partition coefficient (Wildman–Crippen LogP) is 0.236. The number of rotatable bonds is 8. The van der Waals surface area contributed by atoms with Crippen molar-refractivity contribution in [2.24, 2.45) is 5.73 Å². The molecule has 1 aromatic carbocycles. The summed E-state index contributed by atoms with van der Waals surface area (Å²) >= 11 is 0. The number of nitrogens with one attached hydrogen (secondary N) is 1. The Labute approximate surface area is 121 Å². The summed E-state index contributed by atoms with van der Waals surface area (Å²) in [7, 11) is 0. The summed E-state index contributed by atoms with van der Waals surface area (Å²) < 4.78 is 0. The molecule has 0 unspecified atom stereocenters. The lowest BCUT2D eigenvalue weighted by Gasteiger charge is -2.15. The lowest BCUT2D eigenvalue weighted by molar-refractivity contribution is -0.140. The van der Waals surface area contributed by atoms with E-state index in [1.54, 1.807) is 24.3 Å². The van der Waals surface area contributed by atoms with Crippen molar-refractivity contribution in [2.75, 3.05) is 6.54 Å². The lowest BCUT2D eigenvalue weighted by Crippen LogP contribution is -2.41. The van der Waals surface area contributed by atoms with Crippen molar-refractivity contribution >= 4 is 17.8 Å². The minimum absolute atomic E-state index is 0.171. The second-order valence-electron chi connectivity index (χ2n) is 4.49. The molecule has 7 nitrogen and oxygen atoms in total. The third-order valence-corrected chi connectivity index (χ3v) is 2.93. The number of carboxylic acid groups (broad SMARTS) is 2. The standard InChI is InChI=1S/C14H18N2O5/c15-8-7-9-3-1-2-4-10(9)13(19)16-11(14(20)21)5-6-12(17)18/h1-4,11H,5-8,15H2,(H,16,19)(H,17,18)(H,20,21)/t11-/m0/s1. The van der Waals surface area contributed by atoms with Crippen LogP contribution in [0.3, 0.4) is 0 Å². The zero-order chi connectivity index (χ0) is 15.8. The topological polar surface area (TPSA) is 130 Å². The number of hydrogen-bond donors (Lipinski definition) is 4. The summed E-state index contributed by atoms with van der Waals surface area (Å²) in [5, 5.41) is 20.0. The zero-order valence-corrected chi connectivity index (χ0v) is 11.4. The van der Waals surface area contributed by atoms with E-state index in [1.807, 2.05) is 0 Å². The molecule has 114 valence electrons. The third-order valence-electron chi connectivity index (χ3n) is 2.93. The molecule has 0 heterocycles. The van der Waals surface area contributed by atoms with Gasteiger partial charge in [-0.3, -0.25) is 9.59 Å². The van der Waals surface area contributed by atoms with Crippen LogP contribution in [0.5, 0.6) is 0 Å². The first kappa shape index (κ1) is 16.6. The molecule has 0 aliphatic heterocycles.